The molecule has 0 bridgehead atoms. The van der Waals surface area contributed by atoms with E-state index < -0.39 is 5.60 Å². The molecule has 1 aliphatic heterocycles. The highest BCUT2D eigenvalue weighted by molar-refractivity contribution is 6.04. The van der Waals surface area contributed by atoms with Crippen molar-refractivity contribution in [2.45, 2.75) is 45.8 Å². The Morgan fingerprint density at radius 3 is 2.34 bits per heavy atom. The van der Waals surface area contributed by atoms with Gasteiger partial charge in [0.2, 0.25) is 5.91 Å². The third kappa shape index (κ3) is 6.83. The molecule has 3 amide bonds. The molecule has 170 valence electrons. The summed E-state index contributed by atoms with van der Waals surface area (Å²) in [6.45, 7) is 6.87. The lowest BCUT2D eigenvalue weighted by Crippen LogP contribution is -2.44. The van der Waals surface area contributed by atoms with E-state index in [1.54, 1.807) is 23.1 Å². The van der Waals surface area contributed by atoms with E-state index >= 15 is 0 Å². The maximum absolute atomic E-state index is 12.6. The average Bonchev–Trinajstić information content (AvgIpc) is 2.77. The predicted molar refractivity (Wildman–Crippen MR) is 123 cm³/mol. The lowest BCUT2D eigenvalue weighted by molar-refractivity contribution is -0.126. The SMILES string of the molecule is CC(C)(C)OC(=O)N1CCC(C(=O)NCc2cccc(C(=O)Nc3ccccc3)c2)CC1. The zero-order valence-corrected chi connectivity index (χ0v) is 18.9. The van der Waals surface area contributed by atoms with Crippen molar-refractivity contribution in [2.24, 2.45) is 5.92 Å². The second kappa shape index (κ2) is 10.3. The van der Waals surface area contributed by atoms with E-state index in [4.69, 9.17) is 4.74 Å². The van der Waals surface area contributed by atoms with E-state index in [2.05, 4.69) is 10.6 Å². The summed E-state index contributed by atoms with van der Waals surface area (Å²) in [6, 6.07) is 16.5. The molecule has 7 nitrogen and oxygen atoms in total. The molecular weight excluding hydrogens is 406 g/mol. The van der Waals surface area contributed by atoms with Crippen LogP contribution in [-0.4, -0.2) is 41.5 Å². The fourth-order valence-corrected chi connectivity index (χ4v) is 3.53. The molecule has 0 unspecified atom stereocenters. The summed E-state index contributed by atoms with van der Waals surface area (Å²) in [5.41, 5.74) is 1.59. The van der Waals surface area contributed by atoms with Crippen LogP contribution >= 0.6 is 0 Å². The van der Waals surface area contributed by atoms with Crippen molar-refractivity contribution in [3.63, 3.8) is 0 Å². The highest BCUT2D eigenvalue weighted by Gasteiger charge is 2.29. The van der Waals surface area contributed by atoms with Gasteiger partial charge < -0.3 is 20.3 Å². The van der Waals surface area contributed by atoms with Crippen molar-refractivity contribution >= 4 is 23.6 Å². The van der Waals surface area contributed by atoms with Crippen LogP contribution in [0.2, 0.25) is 0 Å². The summed E-state index contributed by atoms with van der Waals surface area (Å²) >= 11 is 0. The first-order chi connectivity index (χ1) is 15.2. The van der Waals surface area contributed by atoms with Crippen LogP contribution < -0.4 is 10.6 Å². The first-order valence-electron chi connectivity index (χ1n) is 10.9. The average molecular weight is 438 g/mol. The Morgan fingerprint density at radius 1 is 1.00 bits per heavy atom. The van der Waals surface area contributed by atoms with E-state index in [1.807, 2.05) is 57.2 Å². The number of hydrogen-bond acceptors (Lipinski definition) is 4. The van der Waals surface area contributed by atoms with Crippen molar-refractivity contribution < 1.29 is 19.1 Å². The number of carbonyl (C=O) groups excluding carboxylic acids is 3. The number of hydrogen-bond donors (Lipinski definition) is 2. The third-order valence-electron chi connectivity index (χ3n) is 5.21. The molecule has 7 heteroatoms. The second-order valence-electron chi connectivity index (χ2n) is 8.98. The van der Waals surface area contributed by atoms with Gasteiger partial charge in [0, 0.05) is 36.8 Å². The molecule has 0 saturated carbocycles. The van der Waals surface area contributed by atoms with Crippen LogP contribution in [0.25, 0.3) is 0 Å². The largest absolute Gasteiger partial charge is 0.444 e. The minimum Gasteiger partial charge on any atom is -0.444 e. The van der Waals surface area contributed by atoms with Gasteiger partial charge in [0.15, 0.2) is 0 Å². The molecule has 1 heterocycles. The Labute approximate surface area is 189 Å². The minimum absolute atomic E-state index is 0.0343. The Balaban J connectivity index is 1.48. The Morgan fingerprint density at radius 2 is 1.69 bits per heavy atom. The first kappa shape index (κ1) is 23.3. The Bertz CT molecular complexity index is 945. The predicted octanol–water partition coefficient (Wildman–Crippen LogP) is 4.20. The third-order valence-corrected chi connectivity index (χ3v) is 5.21. The number of anilines is 1. The van der Waals surface area contributed by atoms with Gasteiger partial charge in [-0.3, -0.25) is 9.59 Å². The van der Waals surface area contributed by atoms with Gasteiger partial charge >= 0.3 is 6.09 Å². The van der Waals surface area contributed by atoms with Crippen molar-refractivity contribution in [3.8, 4) is 0 Å². The fraction of sp³-hybridized carbons (Fsp3) is 0.400. The van der Waals surface area contributed by atoms with E-state index in [-0.39, 0.29) is 23.8 Å². The number of likely N-dealkylation sites (tertiary alicyclic amines) is 1. The molecule has 0 aromatic heterocycles. The minimum atomic E-state index is -0.530. The molecule has 2 N–H and O–H groups in total. The Kier molecular flexibility index (Phi) is 7.51. The summed E-state index contributed by atoms with van der Waals surface area (Å²) in [6.07, 6.45) is 0.872. The molecule has 0 aliphatic carbocycles. The topological polar surface area (TPSA) is 87.7 Å². The molecule has 0 atom stereocenters. The van der Waals surface area contributed by atoms with E-state index in [1.165, 1.54) is 0 Å². The number of carbonyl (C=O) groups is 3. The number of para-hydroxylation sites is 1. The molecule has 1 aliphatic rings. The lowest BCUT2D eigenvalue weighted by atomic mass is 9.96. The summed E-state index contributed by atoms with van der Waals surface area (Å²) in [4.78, 5) is 38.9. The van der Waals surface area contributed by atoms with Gasteiger partial charge in [-0.25, -0.2) is 4.79 Å². The standard InChI is InChI=1S/C25H31N3O4/c1-25(2,3)32-24(31)28-14-12-19(13-15-28)22(29)26-17-18-8-7-9-20(16-18)23(30)27-21-10-5-4-6-11-21/h4-11,16,19H,12-15,17H2,1-3H3,(H,26,29)(H,27,30). The lowest BCUT2D eigenvalue weighted by Gasteiger charge is -2.32. The fourth-order valence-electron chi connectivity index (χ4n) is 3.53. The quantitative estimate of drug-likeness (QED) is 0.734. The molecule has 2 aromatic rings. The molecule has 2 aromatic carbocycles. The van der Waals surface area contributed by atoms with Crippen molar-refractivity contribution in [2.75, 3.05) is 18.4 Å². The summed E-state index contributed by atoms with van der Waals surface area (Å²) in [7, 11) is 0. The number of amides is 3. The molecule has 1 fully saturated rings. The van der Waals surface area contributed by atoms with Crippen LogP contribution in [0.4, 0.5) is 10.5 Å². The molecule has 0 radical (unpaired) electrons. The zero-order valence-electron chi connectivity index (χ0n) is 18.9. The van der Waals surface area contributed by atoms with Gasteiger partial charge in [0.05, 0.1) is 0 Å². The van der Waals surface area contributed by atoms with Gasteiger partial charge in [0.1, 0.15) is 5.60 Å². The second-order valence-corrected chi connectivity index (χ2v) is 8.98. The van der Waals surface area contributed by atoms with Crippen molar-refractivity contribution in [1.82, 2.24) is 10.2 Å². The van der Waals surface area contributed by atoms with Crippen LogP contribution in [0.1, 0.15) is 49.5 Å². The van der Waals surface area contributed by atoms with Crippen LogP contribution in [0.5, 0.6) is 0 Å². The van der Waals surface area contributed by atoms with Gasteiger partial charge in [-0.2, -0.15) is 0 Å². The van der Waals surface area contributed by atoms with E-state index in [0.717, 1.165) is 11.3 Å². The van der Waals surface area contributed by atoms with Crippen LogP contribution in [0.15, 0.2) is 54.6 Å². The number of nitrogens with one attached hydrogen (secondary N) is 2. The number of benzene rings is 2. The number of piperidine rings is 1. The van der Waals surface area contributed by atoms with Gasteiger partial charge in [0.25, 0.3) is 5.91 Å². The highest BCUT2D eigenvalue weighted by atomic mass is 16.6. The maximum atomic E-state index is 12.6. The summed E-state index contributed by atoms with van der Waals surface area (Å²) < 4.78 is 5.40. The van der Waals surface area contributed by atoms with Crippen LogP contribution in [0.3, 0.4) is 0 Å². The van der Waals surface area contributed by atoms with Gasteiger partial charge in [-0.05, 0) is 63.4 Å². The maximum Gasteiger partial charge on any atom is 0.410 e. The molecular formula is C25H31N3O4. The number of nitrogens with zero attached hydrogens (tertiary/aromatic N) is 1. The van der Waals surface area contributed by atoms with Gasteiger partial charge in [-0.15, -0.1) is 0 Å². The summed E-state index contributed by atoms with van der Waals surface area (Å²) in [5, 5.41) is 5.82. The van der Waals surface area contributed by atoms with Crippen molar-refractivity contribution in [1.29, 1.82) is 0 Å². The molecule has 3 rings (SSSR count). The molecule has 1 saturated heterocycles. The van der Waals surface area contributed by atoms with Gasteiger partial charge in [-0.1, -0.05) is 30.3 Å². The van der Waals surface area contributed by atoms with E-state index in [9.17, 15) is 14.4 Å². The normalized spacial score (nSPS) is 14.5. The van der Waals surface area contributed by atoms with Crippen LogP contribution in [0, 0.1) is 5.92 Å². The monoisotopic (exact) mass is 437 g/mol. The highest BCUT2D eigenvalue weighted by Crippen LogP contribution is 2.20. The molecule has 0 spiro atoms. The smallest absolute Gasteiger partial charge is 0.410 e. The molecule has 32 heavy (non-hydrogen) atoms. The van der Waals surface area contributed by atoms with E-state index in [0.29, 0.717) is 38.0 Å². The summed E-state index contributed by atoms with van der Waals surface area (Å²) in [5.74, 6) is -0.370. The van der Waals surface area contributed by atoms with Crippen LogP contribution in [-0.2, 0) is 16.1 Å². The number of ether oxygens (including phenoxy) is 1. The zero-order chi connectivity index (χ0) is 23.1. The van der Waals surface area contributed by atoms with Crippen molar-refractivity contribution in [3.05, 3.63) is 65.7 Å². The number of rotatable bonds is 5. The first-order valence-corrected chi connectivity index (χ1v) is 10.9. The Hall–Kier alpha value is -3.35.